The van der Waals surface area contributed by atoms with Crippen LogP contribution in [0.5, 0.6) is 23.0 Å². The van der Waals surface area contributed by atoms with Gasteiger partial charge in [0.25, 0.3) is 0 Å². The summed E-state index contributed by atoms with van der Waals surface area (Å²) in [7, 11) is 5.57. The largest absolute Gasteiger partial charge is 0.496 e. The fourth-order valence-corrected chi connectivity index (χ4v) is 13.2. The lowest BCUT2D eigenvalue weighted by Crippen LogP contribution is -2.34. The maximum absolute atomic E-state index is 5.97. The van der Waals surface area contributed by atoms with Crippen molar-refractivity contribution in [2.45, 2.75) is 37.5 Å². The molecule has 0 bridgehead atoms. The van der Waals surface area contributed by atoms with Crippen LogP contribution >= 0.6 is 15.8 Å². The SMILES string of the molecule is COc1ccccc1P(c1ccccc1OC)C(C)C1CCCC1P(c1ccccc1OC)c1ccccc1OC. The topological polar surface area (TPSA) is 36.9 Å². The molecular formula is C35H40O4P2. The third kappa shape index (κ3) is 5.97. The number of methoxy groups -OCH3 is 4. The van der Waals surface area contributed by atoms with E-state index < -0.39 is 15.8 Å². The number of hydrogen-bond donors (Lipinski definition) is 0. The molecule has 4 nitrogen and oxygen atoms in total. The van der Waals surface area contributed by atoms with Gasteiger partial charge in [0.05, 0.1) is 28.4 Å². The molecule has 0 amide bonds. The Kier molecular flexibility index (Phi) is 9.86. The van der Waals surface area contributed by atoms with Gasteiger partial charge in [-0.15, -0.1) is 0 Å². The standard InChI is InChI=1S/C35H40O4P2/c1-25(40(32-20-10-6-16-27(32)36-2)33-21-11-7-17-28(33)37-3)26-15-14-24-31(26)41(34-22-12-8-18-29(34)38-4)35-23-13-9-19-30(35)39-5/h6-13,16-23,25-26,31H,14-15,24H2,1-5H3. The van der Waals surface area contributed by atoms with Gasteiger partial charge in [0, 0.05) is 21.2 Å². The van der Waals surface area contributed by atoms with E-state index in [0.29, 0.717) is 17.2 Å². The average molecular weight is 587 g/mol. The van der Waals surface area contributed by atoms with Crippen LogP contribution in [0.4, 0.5) is 0 Å². The Morgan fingerprint density at radius 1 is 0.537 bits per heavy atom. The van der Waals surface area contributed by atoms with Crippen LogP contribution in [-0.2, 0) is 0 Å². The van der Waals surface area contributed by atoms with E-state index in [0.717, 1.165) is 23.0 Å². The number of hydrogen-bond acceptors (Lipinski definition) is 4. The molecule has 5 rings (SSSR count). The van der Waals surface area contributed by atoms with Gasteiger partial charge in [0.2, 0.25) is 0 Å². The van der Waals surface area contributed by atoms with Crippen molar-refractivity contribution in [1.29, 1.82) is 0 Å². The van der Waals surface area contributed by atoms with Crippen LogP contribution < -0.4 is 40.2 Å². The quantitative estimate of drug-likeness (QED) is 0.180. The fourth-order valence-electron chi connectivity index (χ4n) is 6.41. The zero-order chi connectivity index (χ0) is 28.8. The van der Waals surface area contributed by atoms with Gasteiger partial charge >= 0.3 is 0 Å². The second kappa shape index (κ2) is 13.7. The Bertz CT molecular complexity index is 1350. The van der Waals surface area contributed by atoms with Gasteiger partial charge in [-0.25, -0.2) is 0 Å². The summed E-state index contributed by atoms with van der Waals surface area (Å²) in [6.45, 7) is 2.46. The lowest BCUT2D eigenvalue weighted by atomic mass is 10.0. The molecular weight excluding hydrogens is 546 g/mol. The molecule has 214 valence electrons. The van der Waals surface area contributed by atoms with Crippen molar-refractivity contribution in [2.75, 3.05) is 28.4 Å². The summed E-state index contributed by atoms with van der Waals surface area (Å²) in [5, 5.41) is 5.12. The zero-order valence-electron chi connectivity index (χ0n) is 24.6. The van der Waals surface area contributed by atoms with E-state index >= 15 is 0 Å². The summed E-state index contributed by atoms with van der Waals surface area (Å²) in [5.41, 5.74) is 0.863. The van der Waals surface area contributed by atoms with E-state index in [1.807, 2.05) is 0 Å². The molecule has 3 atom stereocenters. The van der Waals surface area contributed by atoms with Crippen molar-refractivity contribution in [3.05, 3.63) is 97.1 Å². The highest BCUT2D eigenvalue weighted by Gasteiger charge is 2.43. The molecule has 0 radical (unpaired) electrons. The molecule has 1 fully saturated rings. The Morgan fingerprint density at radius 3 is 1.32 bits per heavy atom. The number of benzene rings is 4. The molecule has 3 unspecified atom stereocenters. The predicted octanol–water partition coefficient (Wildman–Crippen LogP) is 6.84. The first kappa shape index (κ1) is 29.4. The zero-order valence-corrected chi connectivity index (χ0v) is 26.4. The van der Waals surface area contributed by atoms with Gasteiger partial charge in [-0.05, 0) is 70.2 Å². The summed E-state index contributed by atoms with van der Waals surface area (Å²) in [4.78, 5) is 0. The molecule has 0 saturated heterocycles. The van der Waals surface area contributed by atoms with Crippen molar-refractivity contribution in [3.63, 3.8) is 0 Å². The summed E-state index contributed by atoms with van der Waals surface area (Å²) in [5.74, 6) is 4.31. The lowest BCUT2D eigenvalue weighted by molar-refractivity contribution is 0.417. The predicted molar refractivity (Wildman–Crippen MR) is 175 cm³/mol. The fraction of sp³-hybridized carbons (Fsp3) is 0.314. The smallest absolute Gasteiger partial charge is 0.126 e. The van der Waals surface area contributed by atoms with Crippen LogP contribution in [0.2, 0.25) is 0 Å². The van der Waals surface area contributed by atoms with Crippen LogP contribution in [0.1, 0.15) is 26.2 Å². The first-order chi connectivity index (χ1) is 20.1. The van der Waals surface area contributed by atoms with E-state index in [1.165, 1.54) is 40.5 Å². The highest BCUT2D eigenvalue weighted by atomic mass is 31.1. The van der Waals surface area contributed by atoms with Crippen LogP contribution in [-0.4, -0.2) is 39.8 Å². The maximum Gasteiger partial charge on any atom is 0.126 e. The Balaban J connectivity index is 1.66. The van der Waals surface area contributed by atoms with Crippen molar-refractivity contribution in [3.8, 4) is 23.0 Å². The summed E-state index contributed by atoms with van der Waals surface area (Å²) >= 11 is 0. The molecule has 0 aromatic heterocycles. The average Bonchev–Trinajstić information content (AvgIpc) is 3.52. The number of ether oxygens (including phenoxy) is 4. The molecule has 1 saturated carbocycles. The van der Waals surface area contributed by atoms with Gasteiger partial charge in [-0.2, -0.15) is 0 Å². The Morgan fingerprint density at radius 2 is 0.902 bits per heavy atom. The minimum Gasteiger partial charge on any atom is -0.496 e. The van der Waals surface area contributed by atoms with Crippen LogP contribution in [0, 0.1) is 5.92 Å². The van der Waals surface area contributed by atoms with Crippen molar-refractivity contribution < 1.29 is 18.9 Å². The summed E-state index contributed by atoms with van der Waals surface area (Å²) in [6.07, 6.45) is 3.58. The monoisotopic (exact) mass is 586 g/mol. The van der Waals surface area contributed by atoms with Crippen LogP contribution in [0.15, 0.2) is 97.1 Å². The molecule has 1 aliphatic rings. The van der Waals surface area contributed by atoms with Crippen LogP contribution in [0.3, 0.4) is 0 Å². The third-order valence-corrected chi connectivity index (χ3v) is 14.3. The van der Waals surface area contributed by atoms with Crippen molar-refractivity contribution in [2.24, 2.45) is 5.92 Å². The van der Waals surface area contributed by atoms with E-state index in [9.17, 15) is 0 Å². The summed E-state index contributed by atoms with van der Waals surface area (Å²) in [6, 6.07) is 34.2. The van der Waals surface area contributed by atoms with E-state index in [4.69, 9.17) is 18.9 Å². The normalized spacial score (nSPS) is 17.4. The Hall–Kier alpha value is -3.06. The van der Waals surface area contributed by atoms with Gasteiger partial charge in [0.1, 0.15) is 23.0 Å². The molecule has 4 aromatic rings. The van der Waals surface area contributed by atoms with Gasteiger partial charge < -0.3 is 18.9 Å². The molecule has 0 spiro atoms. The molecule has 41 heavy (non-hydrogen) atoms. The molecule has 0 N–H and O–H groups in total. The molecule has 0 heterocycles. The van der Waals surface area contributed by atoms with Crippen LogP contribution in [0.25, 0.3) is 0 Å². The van der Waals surface area contributed by atoms with Gasteiger partial charge in [-0.3, -0.25) is 0 Å². The van der Waals surface area contributed by atoms with Crippen molar-refractivity contribution >= 4 is 37.1 Å². The van der Waals surface area contributed by atoms with E-state index in [2.05, 4.69) is 104 Å². The molecule has 1 aliphatic carbocycles. The van der Waals surface area contributed by atoms with E-state index in [1.54, 1.807) is 28.4 Å². The second-order valence-corrected chi connectivity index (χ2v) is 15.2. The van der Waals surface area contributed by atoms with E-state index in [-0.39, 0.29) is 0 Å². The minimum absolute atomic E-state index is 0.388. The molecule has 0 aliphatic heterocycles. The van der Waals surface area contributed by atoms with Gasteiger partial charge in [-0.1, -0.05) is 86.1 Å². The minimum atomic E-state index is -0.790. The number of para-hydroxylation sites is 4. The third-order valence-electron chi connectivity index (χ3n) is 8.27. The molecule has 6 heteroatoms. The highest BCUT2D eigenvalue weighted by molar-refractivity contribution is 7.75. The Labute approximate surface area is 247 Å². The summed E-state index contributed by atoms with van der Waals surface area (Å²) < 4.78 is 23.8. The first-order valence-corrected chi connectivity index (χ1v) is 17.1. The van der Waals surface area contributed by atoms with Gasteiger partial charge in [0.15, 0.2) is 0 Å². The van der Waals surface area contributed by atoms with Crippen molar-refractivity contribution in [1.82, 2.24) is 0 Å². The second-order valence-electron chi connectivity index (χ2n) is 10.3. The first-order valence-electron chi connectivity index (χ1n) is 14.2. The number of rotatable bonds is 11. The highest BCUT2D eigenvalue weighted by Crippen LogP contribution is 2.59. The lowest BCUT2D eigenvalue weighted by Gasteiger charge is -2.38. The molecule has 4 aromatic carbocycles. The maximum atomic E-state index is 5.97.